The number of ether oxygens (including phenoxy) is 1. The van der Waals surface area contributed by atoms with Gasteiger partial charge in [0, 0.05) is 26.6 Å². The Bertz CT molecular complexity index is 550. The van der Waals surface area contributed by atoms with Crippen molar-refractivity contribution in [2.45, 2.75) is 38.8 Å². The Morgan fingerprint density at radius 1 is 1.35 bits per heavy atom. The van der Waals surface area contributed by atoms with Gasteiger partial charge in [0.05, 0.1) is 17.1 Å². The van der Waals surface area contributed by atoms with Gasteiger partial charge in [-0.15, -0.1) is 0 Å². The predicted molar refractivity (Wildman–Crippen MR) is 83.0 cm³/mol. The summed E-state index contributed by atoms with van der Waals surface area (Å²) in [5.74, 6) is 1.13. The van der Waals surface area contributed by atoms with E-state index in [-0.39, 0.29) is 6.10 Å². The van der Waals surface area contributed by atoms with Crippen LogP contribution in [0, 0.1) is 0 Å². The lowest BCUT2D eigenvalue weighted by molar-refractivity contribution is 0.100. The van der Waals surface area contributed by atoms with E-state index in [4.69, 9.17) is 9.72 Å². The number of hydrogen-bond acceptors (Lipinski definition) is 3. The number of para-hydroxylation sites is 2. The smallest absolute Gasteiger partial charge is 0.111 e. The van der Waals surface area contributed by atoms with Gasteiger partial charge in [-0.3, -0.25) is 0 Å². The molecule has 0 spiro atoms. The highest BCUT2D eigenvalue weighted by Crippen LogP contribution is 2.16. The lowest BCUT2D eigenvalue weighted by Crippen LogP contribution is -2.35. The standard InChI is InChI=1S/C16H25N3O/c1-5-17-13(10-12(2)20-4)11-16-18-14-8-6-7-9-15(14)19(16)3/h6-9,12-13,17H,5,10-11H2,1-4H3. The van der Waals surface area contributed by atoms with Crippen molar-refractivity contribution >= 4 is 11.0 Å². The summed E-state index contributed by atoms with van der Waals surface area (Å²) in [6.45, 7) is 5.21. The highest BCUT2D eigenvalue weighted by molar-refractivity contribution is 5.75. The summed E-state index contributed by atoms with van der Waals surface area (Å²) in [5.41, 5.74) is 2.26. The molecular formula is C16H25N3O. The van der Waals surface area contributed by atoms with Gasteiger partial charge in [0.25, 0.3) is 0 Å². The molecule has 0 radical (unpaired) electrons. The second-order valence-corrected chi connectivity index (χ2v) is 5.32. The molecule has 0 aliphatic heterocycles. The number of rotatable bonds is 7. The number of nitrogens with one attached hydrogen (secondary N) is 1. The number of hydrogen-bond donors (Lipinski definition) is 1. The van der Waals surface area contributed by atoms with E-state index in [9.17, 15) is 0 Å². The third-order valence-corrected chi connectivity index (χ3v) is 3.82. The number of aromatic nitrogens is 2. The Hall–Kier alpha value is -1.39. The van der Waals surface area contributed by atoms with Crippen LogP contribution in [0.3, 0.4) is 0 Å². The van der Waals surface area contributed by atoms with Gasteiger partial charge in [-0.25, -0.2) is 4.98 Å². The van der Waals surface area contributed by atoms with Gasteiger partial charge in [0.2, 0.25) is 0 Å². The summed E-state index contributed by atoms with van der Waals surface area (Å²) < 4.78 is 7.58. The van der Waals surface area contributed by atoms with Crippen LogP contribution in [-0.2, 0) is 18.2 Å². The molecule has 2 unspecified atom stereocenters. The zero-order valence-electron chi connectivity index (χ0n) is 12.9. The van der Waals surface area contributed by atoms with Crippen molar-refractivity contribution in [1.29, 1.82) is 0 Å². The van der Waals surface area contributed by atoms with Crippen molar-refractivity contribution in [2.24, 2.45) is 7.05 Å². The third kappa shape index (κ3) is 3.38. The molecule has 2 aromatic rings. The minimum atomic E-state index is 0.258. The highest BCUT2D eigenvalue weighted by Gasteiger charge is 2.16. The predicted octanol–water partition coefficient (Wildman–Crippen LogP) is 2.52. The lowest BCUT2D eigenvalue weighted by atomic mass is 10.1. The topological polar surface area (TPSA) is 39.1 Å². The van der Waals surface area contributed by atoms with Crippen LogP contribution in [0.15, 0.2) is 24.3 Å². The molecule has 0 aliphatic rings. The minimum Gasteiger partial charge on any atom is -0.382 e. The molecule has 0 aliphatic carbocycles. The van der Waals surface area contributed by atoms with Crippen LogP contribution in [0.25, 0.3) is 11.0 Å². The van der Waals surface area contributed by atoms with Crippen molar-refractivity contribution < 1.29 is 4.74 Å². The van der Waals surface area contributed by atoms with E-state index in [0.29, 0.717) is 6.04 Å². The monoisotopic (exact) mass is 275 g/mol. The van der Waals surface area contributed by atoms with Gasteiger partial charge in [0.15, 0.2) is 0 Å². The Labute approximate surface area is 121 Å². The fraction of sp³-hybridized carbons (Fsp3) is 0.562. The first kappa shape index (κ1) is 15.0. The number of imidazole rings is 1. The molecule has 4 nitrogen and oxygen atoms in total. The Kier molecular flexibility index (Phi) is 5.15. The maximum Gasteiger partial charge on any atom is 0.111 e. The summed E-state index contributed by atoms with van der Waals surface area (Å²) in [7, 11) is 3.86. The second-order valence-electron chi connectivity index (χ2n) is 5.32. The Morgan fingerprint density at radius 3 is 2.75 bits per heavy atom. The fourth-order valence-corrected chi connectivity index (χ4v) is 2.62. The number of benzene rings is 1. The van der Waals surface area contributed by atoms with Crippen LogP contribution in [-0.4, -0.2) is 35.4 Å². The summed E-state index contributed by atoms with van der Waals surface area (Å²) in [6, 6.07) is 8.67. The number of methoxy groups -OCH3 is 1. The van der Waals surface area contributed by atoms with E-state index in [1.807, 2.05) is 6.07 Å². The van der Waals surface area contributed by atoms with Gasteiger partial charge in [-0.1, -0.05) is 19.1 Å². The van der Waals surface area contributed by atoms with E-state index >= 15 is 0 Å². The summed E-state index contributed by atoms with van der Waals surface area (Å²) in [6.07, 6.45) is 2.18. The van der Waals surface area contributed by atoms with Crippen LogP contribution >= 0.6 is 0 Å². The number of aryl methyl sites for hydroxylation is 1. The van der Waals surface area contributed by atoms with Gasteiger partial charge in [-0.2, -0.15) is 0 Å². The van der Waals surface area contributed by atoms with Crippen molar-refractivity contribution in [2.75, 3.05) is 13.7 Å². The van der Waals surface area contributed by atoms with E-state index in [1.165, 1.54) is 5.52 Å². The molecule has 20 heavy (non-hydrogen) atoms. The molecule has 1 heterocycles. The zero-order chi connectivity index (χ0) is 14.5. The van der Waals surface area contributed by atoms with E-state index in [2.05, 4.69) is 49.0 Å². The van der Waals surface area contributed by atoms with E-state index in [0.717, 1.165) is 30.7 Å². The Morgan fingerprint density at radius 2 is 2.10 bits per heavy atom. The molecule has 0 saturated heterocycles. The molecular weight excluding hydrogens is 250 g/mol. The van der Waals surface area contributed by atoms with Crippen LogP contribution in [0.2, 0.25) is 0 Å². The maximum absolute atomic E-state index is 5.39. The van der Waals surface area contributed by atoms with Crippen LogP contribution in [0.5, 0.6) is 0 Å². The van der Waals surface area contributed by atoms with Crippen LogP contribution < -0.4 is 5.32 Å². The molecule has 0 fully saturated rings. The molecule has 110 valence electrons. The largest absolute Gasteiger partial charge is 0.382 e. The molecule has 1 N–H and O–H groups in total. The Balaban J connectivity index is 2.17. The summed E-state index contributed by atoms with van der Waals surface area (Å²) in [5, 5.41) is 3.53. The third-order valence-electron chi connectivity index (χ3n) is 3.82. The van der Waals surface area contributed by atoms with Crippen molar-refractivity contribution in [1.82, 2.24) is 14.9 Å². The van der Waals surface area contributed by atoms with Crippen LogP contribution in [0.4, 0.5) is 0 Å². The lowest BCUT2D eigenvalue weighted by Gasteiger charge is -2.20. The van der Waals surface area contributed by atoms with Gasteiger partial charge in [-0.05, 0) is 32.0 Å². The normalized spacial score (nSPS) is 14.6. The minimum absolute atomic E-state index is 0.258. The molecule has 1 aromatic heterocycles. The second kappa shape index (κ2) is 6.86. The van der Waals surface area contributed by atoms with Crippen molar-refractivity contribution in [3.63, 3.8) is 0 Å². The molecule has 0 saturated carbocycles. The zero-order valence-corrected chi connectivity index (χ0v) is 12.9. The van der Waals surface area contributed by atoms with Gasteiger partial charge < -0.3 is 14.6 Å². The molecule has 2 rings (SSSR count). The average molecular weight is 275 g/mol. The van der Waals surface area contributed by atoms with Gasteiger partial charge >= 0.3 is 0 Å². The molecule has 2 atom stereocenters. The summed E-state index contributed by atoms with van der Waals surface area (Å²) in [4.78, 5) is 4.75. The first-order valence-electron chi connectivity index (χ1n) is 7.32. The average Bonchev–Trinajstić information content (AvgIpc) is 2.76. The quantitative estimate of drug-likeness (QED) is 0.844. The van der Waals surface area contributed by atoms with Gasteiger partial charge in [0.1, 0.15) is 5.82 Å². The summed E-state index contributed by atoms with van der Waals surface area (Å²) >= 11 is 0. The van der Waals surface area contributed by atoms with Crippen LogP contribution in [0.1, 0.15) is 26.1 Å². The van der Waals surface area contributed by atoms with E-state index < -0.39 is 0 Å². The first-order valence-corrected chi connectivity index (χ1v) is 7.32. The van der Waals surface area contributed by atoms with Crippen molar-refractivity contribution in [3.05, 3.63) is 30.1 Å². The molecule has 4 heteroatoms. The molecule has 0 amide bonds. The van der Waals surface area contributed by atoms with Crippen molar-refractivity contribution in [3.8, 4) is 0 Å². The molecule has 1 aromatic carbocycles. The molecule has 0 bridgehead atoms. The maximum atomic E-state index is 5.39. The van der Waals surface area contributed by atoms with E-state index in [1.54, 1.807) is 7.11 Å². The first-order chi connectivity index (χ1) is 9.65. The fourth-order valence-electron chi connectivity index (χ4n) is 2.62. The SMILES string of the molecule is CCNC(Cc1nc2ccccc2n1C)CC(C)OC. The number of nitrogens with zero attached hydrogens (tertiary/aromatic N) is 2. The highest BCUT2D eigenvalue weighted by atomic mass is 16.5. The number of fused-ring (bicyclic) bond motifs is 1. The number of likely N-dealkylation sites (N-methyl/N-ethyl adjacent to an activating group) is 1.